The standard InChI is InChI=1S/C25H26F3N3O8/c1-12(2)24(29)22(35)39-37-10-6-5-9-31(24)30-19-16(38-23(36)25(26,27)28)11-15(32)17-18(19)21(34)14-8-4-3-7-13(14)20(17)33/h3-4,7-8,11-12,17-18,30,32H,5-6,9-10,29H2,1-2H3/t17?,18?,24-/m1/s1. The molecule has 1 fully saturated rings. The number of hydrazine groups is 1. The number of esters is 1. The van der Waals surface area contributed by atoms with Crippen LogP contribution in [-0.2, 0) is 24.1 Å². The second-order valence-corrected chi connectivity index (χ2v) is 9.61. The molecule has 0 bridgehead atoms. The second-order valence-electron chi connectivity index (χ2n) is 9.61. The van der Waals surface area contributed by atoms with Gasteiger partial charge in [0, 0.05) is 23.7 Å². The minimum absolute atomic E-state index is 0.00292. The number of allylic oxidation sites excluding steroid dienone is 3. The van der Waals surface area contributed by atoms with Crippen molar-refractivity contribution in [3.63, 3.8) is 0 Å². The van der Waals surface area contributed by atoms with Crippen LogP contribution in [0.1, 0.15) is 47.4 Å². The molecule has 0 saturated carbocycles. The highest BCUT2D eigenvalue weighted by molar-refractivity contribution is 6.18. The molecule has 1 aliphatic heterocycles. The van der Waals surface area contributed by atoms with Gasteiger partial charge in [0.25, 0.3) is 0 Å². The van der Waals surface area contributed by atoms with Crippen molar-refractivity contribution in [1.82, 2.24) is 10.4 Å². The summed E-state index contributed by atoms with van der Waals surface area (Å²) in [6.07, 6.45) is -4.01. The minimum atomic E-state index is -5.42. The highest BCUT2D eigenvalue weighted by Crippen LogP contribution is 2.42. The predicted octanol–water partition coefficient (Wildman–Crippen LogP) is 2.46. The molecule has 210 valence electrons. The van der Waals surface area contributed by atoms with Crippen molar-refractivity contribution >= 4 is 23.5 Å². The lowest BCUT2D eigenvalue weighted by atomic mass is 9.69. The maximum absolute atomic E-state index is 13.7. The number of halogens is 3. The molecule has 0 aromatic heterocycles. The number of aliphatic hydroxyl groups is 1. The predicted molar refractivity (Wildman–Crippen MR) is 125 cm³/mol. The Bertz CT molecular complexity index is 1280. The first-order valence-corrected chi connectivity index (χ1v) is 12.1. The van der Waals surface area contributed by atoms with Crippen LogP contribution >= 0.6 is 0 Å². The van der Waals surface area contributed by atoms with Gasteiger partial charge in [-0.25, -0.2) is 9.59 Å². The number of aliphatic hydroxyl groups excluding tert-OH is 1. The van der Waals surface area contributed by atoms with Gasteiger partial charge in [-0.1, -0.05) is 38.1 Å². The highest BCUT2D eigenvalue weighted by atomic mass is 19.4. The number of benzene rings is 1. The van der Waals surface area contributed by atoms with E-state index >= 15 is 0 Å². The highest BCUT2D eigenvalue weighted by Gasteiger charge is 2.53. The average Bonchev–Trinajstić information content (AvgIpc) is 2.94. The molecule has 1 heterocycles. The van der Waals surface area contributed by atoms with Crippen molar-refractivity contribution in [1.29, 1.82) is 0 Å². The molecule has 3 aliphatic rings. The van der Waals surface area contributed by atoms with Crippen LogP contribution in [0.3, 0.4) is 0 Å². The third-order valence-electron chi connectivity index (χ3n) is 6.87. The smallest absolute Gasteiger partial charge is 0.491 e. The zero-order chi connectivity index (χ0) is 28.7. The number of hydrogen-bond donors (Lipinski definition) is 3. The molecular formula is C25H26F3N3O8. The maximum Gasteiger partial charge on any atom is 0.491 e. The number of ketones is 2. The first-order valence-electron chi connectivity index (χ1n) is 12.1. The number of carbonyl (C=O) groups excluding carboxylic acids is 4. The summed E-state index contributed by atoms with van der Waals surface area (Å²) in [7, 11) is 0. The summed E-state index contributed by atoms with van der Waals surface area (Å²) in [5, 5.41) is 11.9. The molecule has 0 amide bonds. The molecule has 1 saturated heterocycles. The van der Waals surface area contributed by atoms with Crippen LogP contribution in [0.25, 0.3) is 0 Å². The van der Waals surface area contributed by atoms with Gasteiger partial charge in [-0.05, 0) is 18.8 Å². The van der Waals surface area contributed by atoms with Gasteiger partial charge in [-0.3, -0.25) is 14.5 Å². The van der Waals surface area contributed by atoms with Gasteiger partial charge >= 0.3 is 18.1 Å². The Labute approximate surface area is 220 Å². The second kappa shape index (κ2) is 10.4. The van der Waals surface area contributed by atoms with Crippen molar-refractivity contribution < 1.29 is 52.0 Å². The van der Waals surface area contributed by atoms with E-state index in [0.717, 1.165) is 5.01 Å². The number of hydrogen-bond acceptors (Lipinski definition) is 11. The fourth-order valence-corrected chi connectivity index (χ4v) is 4.70. The van der Waals surface area contributed by atoms with E-state index in [1.165, 1.54) is 24.3 Å². The van der Waals surface area contributed by atoms with Gasteiger partial charge in [-0.15, -0.1) is 0 Å². The van der Waals surface area contributed by atoms with Gasteiger partial charge in [0.05, 0.1) is 24.1 Å². The van der Waals surface area contributed by atoms with Crippen LogP contribution < -0.4 is 11.2 Å². The van der Waals surface area contributed by atoms with Gasteiger partial charge < -0.3 is 21.0 Å². The molecule has 4 N–H and O–H groups in total. The Morgan fingerprint density at radius 3 is 2.36 bits per heavy atom. The van der Waals surface area contributed by atoms with Gasteiger partial charge in [0.2, 0.25) is 0 Å². The van der Waals surface area contributed by atoms with Crippen LogP contribution in [-0.4, -0.2) is 58.6 Å². The van der Waals surface area contributed by atoms with Crippen LogP contribution in [0.5, 0.6) is 0 Å². The first kappa shape index (κ1) is 28.3. The molecule has 0 spiro atoms. The lowest BCUT2D eigenvalue weighted by Crippen LogP contribution is -2.69. The number of carbonyl (C=O) groups is 4. The van der Waals surface area contributed by atoms with E-state index in [0.29, 0.717) is 18.9 Å². The number of nitrogens with two attached hydrogens (primary N) is 1. The van der Waals surface area contributed by atoms with Gasteiger partial charge in [-0.2, -0.15) is 23.1 Å². The number of rotatable bonds is 4. The average molecular weight is 553 g/mol. The molecule has 4 rings (SSSR count). The molecule has 0 radical (unpaired) electrons. The van der Waals surface area contributed by atoms with E-state index < -0.39 is 70.3 Å². The van der Waals surface area contributed by atoms with Crippen LogP contribution in [0.2, 0.25) is 0 Å². The number of fused-ring (bicyclic) bond motifs is 2. The molecular weight excluding hydrogens is 527 g/mol. The molecule has 39 heavy (non-hydrogen) atoms. The maximum atomic E-state index is 13.7. The van der Waals surface area contributed by atoms with E-state index in [-0.39, 0.29) is 24.3 Å². The summed E-state index contributed by atoms with van der Waals surface area (Å²) < 4.78 is 44.0. The van der Waals surface area contributed by atoms with Crippen molar-refractivity contribution in [3.8, 4) is 0 Å². The van der Waals surface area contributed by atoms with Crippen LogP contribution in [0.15, 0.2) is 47.6 Å². The largest absolute Gasteiger partial charge is 0.511 e. The molecule has 3 atom stereocenters. The topological polar surface area (TPSA) is 157 Å². The van der Waals surface area contributed by atoms with Crippen molar-refractivity contribution in [3.05, 3.63) is 58.7 Å². The van der Waals surface area contributed by atoms with Crippen LogP contribution in [0.4, 0.5) is 13.2 Å². The molecule has 2 aliphatic carbocycles. The lowest BCUT2D eigenvalue weighted by molar-refractivity contribution is -0.282. The Balaban J connectivity index is 1.89. The Kier molecular flexibility index (Phi) is 7.56. The lowest BCUT2D eigenvalue weighted by Gasteiger charge is -2.44. The number of alkyl halides is 3. The Morgan fingerprint density at radius 2 is 1.77 bits per heavy atom. The number of Topliss-reactive ketones (excluding diaryl/α,β-unsaturated/α-hetero) is 2. The number of nitrogens with one attached hydrogen (secondary N) is 1. The van der Waals surface area contributed by atoms with Crippen molar-refractivity contribution in [2.75, 3.05) is 13.2 Å². The Morgan fingerprint density at radius 1 is 1.15 bits per heavy atom. The van der Waals surface area contributed by atoms with E-state index in [4.69, 9.17) is 15.5 Å². The summed E-state index contributed by atoms with van der Waals surface area (Å²) >= 11 is 0. The number of ether oxygens (including phenoxy) is 1. The van der Waals surface area contributed by atoms with Gasteiger partial charge in [0.15, 0.2) is 23.0 Å². The van der Waals surface area contributed by atoms with Crippen molar-refractivity contribution in [2.45, 2.75) is 38.5 Å². The fourth-order valence-electron chi connectivity index (χ4n) is 4.70. The molecule has 1 aromatic carbocycles. The molecule has 14 heteroatoms. The summed E-state index contributed by atoms with van der Waals surface area (Å²) in [6, 6.07) is 5.75. The quantitative estimate of drug-likeness (QED) is 0.372. The summed E-state index contributed by atoms with van der Waals surface area (Å²) in [4.78, 5) is 61.5. The molecule has 11 nitrogen and oxygen atoms in total. The monoisotopic (exact) mass is 553 g/mol. The zero-order valence-electron chi connectivity index (χ0n) is 20.9. The SMILES string of the molecule is CC(C)[C@]1(N)C(=O)OOCCCCN1NC1=C(OC(=O)C(F)(F)F)C=C(O)C2C(=O)c3ccccc3C(=O)C12. The summed E-state index contributed by atoms with van der Waals surface area (Å²) in [5.41, 5.74) is 6.71. The third kappa shape index (κ3) is 5.02. The molecule has 2 unspecified atom stereocenters. The fraction of sp³-hybridized carbons (Fsp3) is 0.440. The van der Waals surface area contributed by atoms with E-state index in [1.54, 1.807) is 13.8 Å². The first-order chi connectivity index (χ1) is 18.3. The summed E-state index contributed by atoms with van der Waals surface area (Å²) in [5.74, 6) is -10.6. The normalized spacial score (nSPS) is 26.5. The van der Waals surface area contributed by atoms with E-state index in [2.05, 4.69) is 10.2 Å². The Hall–Kier alpha value is -3.75. The minimum Gasteiger partial charge on any atom is -0.511 e. The zero-order valence-corrected chi connectivity index (χ0v) is 20.9. The van der Waals surface area contributed by atoms with Crippen molar-refractivity contribution in [2.24, 2.45) is 23.5 Å². The molecule has 1 aromatic rings. The van der Waals surface area contributed by atoms with E-state index in [1.807, 2.05) is 0 Å². The summed E-state index contributed by atoms with van der Waals surface area (Å²) in [6.45, 7) is 3.21. The van der Waals surface area contributed by atoms with Crippen LogP contribution in [0, 0.1) is 17.8 Å². The third-order valence-corrected chi connectivity index (χ3v) is 6.87. The van der Waals surface area contributed by atoms with Gasteiger partial charge in [0.1, 0.15) is 5.76 Å². The van der Waals surface area contributed by atoms with E-state index in [9.17, 15) is 37.5 Å². The number of nitrogens with zero attached hydrogens (tertiary/aromatic N) is 1.